The van der Waals surface area contributed by atoms with Gasteiger partial charge < -0.3 is 14.6 Å². The molecule has 5 aromatic rings. The summed E-state index contributed by atoms with van der Waals surface area (Å²) in [5.74, 6) is -0.148. The molecule has 204 valence electrons. The number of aromatic nitrogens is 4. The number of rotatable bonds is 11. The van der Waals surface area contributed by atoms with Crippen molar-refractivity contribution in [1.29, 1.82) is 5.26 Å². The lowest BCUT2D eigenvalue weighted by atomic mass is 10.1. The van der Waals surface area contributed by atoms with Crippen LogP contribution in [0.1, 0.15) is 17.5 Å². The van der Waals surface area contributed by atoms with Crippen LogP contribution in [0.15, 0.2) is 109 Å². The lowest BCUT2D eigenvalue weighted by molar-refractivity contribution is -0.117. The third kappa shape index (κ3) is 7.13. The largest absolute Gasteiger partial charge is 0.489 e. The highest BCUT2D eigenvalue weighted by atomic mass is 19.1. The van der Waals surface area contributed by atoms with Gasteiger partial charge >= 0.3 is 0 Å². The number of hydrogen-bond acceptors (Lipinski definition) is 5. The van der Waals surface area contributed by atoms with Gasteiger partial charge in [-0.3, -0.25) is 4.79 Å². The van der Waals surface area contributed by atoms with E-state index < -0.39 is 5.91 Å². The Kier molecular flexibility index (Phi) is 8.62. The van der Waals surface area contributed by atoms with Crippen molar-refractivity contribution in [3.05, 3.63) is 126 Å². The van der Waals surface area contributed by atoms with Crippen LogP contribution >= 0.6 is 0 Å². The molecule has 0 spiro atoms. The molecule has 0 radical (unpaired) electrons. The topological polar surface area (TPSA) is 97.8 Å². The fourth-order valence-corrected chi connectivity index (χ4v) is 4.19. The van der Waals surface area contributed by atoms with E-state index in [1.165, 1.54) is 12.1 Å². The van der Waals surface area contributed by atoms with Crippen LogP contribution in [0.4, 0.5) is 4.39 Å². The van der Waals surface area contributed by atoms with Crippen LogP contribution in [-0.2, 0) is 17.9 Å². The van der Waals surface area contributed by atoms with Crippen LogP contribution in [0.25, 0.3) is 23.0 Å². The van der Waals surface area contributed by atoms with Crippen LogP contribution < -0.4 is 10.1 Å². The Balaban J connectivity index is 1.38. The molecule has 9 heteroatoms. The number of ether oxygens (including phenoxy) is 1. The van der Waals surface area contributed by atoms with Gasteiger partial charge in [0.25, 0.3) is 5.91 Å². The number of benzene rings is 3. The molecule has 0 aliphatic carbocycles. The maximum Gasteiger partial charge on any atom is 0.261 e. The minimum Gasteiger partial charge on any atom is -0.489 e. The first kappa shape index (κ1) is 27.1. The molecule has 3 aromatic carbocycles. The van der Waals surface area contributed by atoms with Crippen molar-refractivity contribution in [3.63, 3.8) is 0 Å². The summed E-state index contributed by atoms with van der Waals surface area (Å²) in [6.07, 6.45) is 9.33. The number of carbonyl (C=O) groups is 1. The second kappa shape index (κ2) is 13.0. The highest BCUT2D eigenvalue weighted by Crippen LogP contribution is 2.29. The van der Waals surface area contributed by atoms with Crippen molar-refractivity contribution in [3.8, 4) is 28.8 Å². The van der Waals surface area contributed by atoms with Crippen molar-refractivity contribution in [2.75, 3.05) is 6.54 Å². The summed E-state index contributed by atoms with van der Waals surface area (Å²) in [5.41, 5.74) is 3.59. The lowest BCUT2D eigenvalue weighted by Gasteiger charge is -2.08. The summed E-state index contributed by atoms with van der Waals surface area (Å²) < 4.78 is 22.8. The number of amides is 1. The average Bonchev–Trinajstić information content (AvgIpc) is 3.69. The molecule has 1 amide bonds. The summed E-state index contributed by atoms with van der Waals surface area (Å²) in [4.78, 5) is 16.9. The Morgan fingerprint density at radius 1 is 1.07 bits per heavy atom. The number of nitriles is 1. The minimum absolute atomic E-state index is 0.0230. The Hall–Kier alpha value is -5.49. The fraction of sp³-hybridized carbons (Fsp3) is 0.125. The van der Waals surface area contributed by atoms with Gasteiger partial charge in [0.1, 0.15) is 35.5 Å². The number of para-hydroxylation sites is 1. The molecule has 41 heavy (non-hydrogen) atoms. The standard InChI is InChI=1S/C32H27FN6O2/c33-28-12-10-24(11-13-28)22-41-30-9-4-6-25(19-30)31-27(21-39(37-31)29-7-2-1-3-8-29)18-26(20-34)32(40)36-14-5-16-38-17-15-35-23-38/h1-4,6-13,15,17-19,21,23H,5,14,16,22H2,(H,36,40). The molecule has 0 unspecified atom stereocenters. The van der Waals surface area contributed by atoms with Crippen molar-refractivity contribution < 1.29 is 13.9 Å². The Bertz CT molecular complexity index is 1670. The van der Waals surface area contributed by atoms with E-state index >= 15 is 0 Å². The lowest BCUT2D eigenvalue weighted by Crippen LogP contribution is -2.26. The van der Waals surface area contributed by atoms with Crippen molar-refractivity contribution >= 4 is 12.0 Å². The van der Waals surface area contributed by atoms with Gasteiger partial charge in [-0.1, -0.05) is 42.5 Å². The number of halogens is 1. The molecule has 0 aliphatic rings. The Morgan fingerprint density at radius 3 is 2.66 bits per heavy atom. The molecule has 0 saturated heterocycles. The third-order valence-electron chi connectivity index (χ3n) is 6.29. The van der Waals surface area contributed by atoms with E-state index in [1.807, 2.05) is 71.4 Å². The first-order valence-corrected chi connectivity index (χ1v) is 13.1. The van der Waals surface area contributed by atoms with Gasteiger partial charge in [-0.2, -0.15) is 10.4 Å². The number of nitrogens with one attached hydrogen (secondary N) is 1. The second-order valence-corrected chi connectivity index (χ2v) is 9.24. The van der Waals surface area contributed by atoms with E-state index in [0.717, 1.165) is 16.8 Å². The second-order valence-electron chi connectivity index (χ2n) is 9.24. The highest BCUT2D eigenvalue weighted by molar-refractivity contribution is 6.02. The van der Waals surface area contributed by atoms with Crippen LogP contribution in [-0.4, -0.2) is 31.8 Å². The summed E-state index contributed by atoms with van der Waals surface area (Å²) in [6, 6.07) is 25.2. The van der Waals surface area contributed by atoms with E-state index in [-0.39, 0.29) is 18.0 Å². The molecule has 5 rings (SSSR count). The zero-order valence-electron chi connectivity index (χ0n) is 22.2. The molecule has 1 N–H and O–H groups in total. The van der Waals surface area contributed by atoms with E-state index in [4.69, 9.17) is 9.84 Å². The van der Waals surface area contributed by atoms with Crippen molar-refractivity contribution in [1.82, 2.24) is 24.6 Å². The molecular weight excluding hydrogens is 519 g/mol. The zero-order valence-corrected chi connectivity index (χ0v) is 22.2. The van der Waals surface area contributed by atoms with E-state index in [1.54, 1.807) is 41.6 Å². The molecule has 2 aromatic heterocycles. The SMILES string of the molecule is N#CC(=Cc1cn(-c2ccccc2)nc1-c1cccc(OCc2ccc(F)cc2)c1)C(=O)NCCCn1ccnc1. The fourth-order valence-electron chi connectivity index (χ4n) is 4.19. The average molecular weight is 547 g/mol. The first-order chi connectivity index (χ1) is 20.1. The molecule has 0 aliphatic heterocycles. The summed E-state index contributed by atoms with van der Waals surface area (Å²) >= 11 is 0. The van der Waals surface area contributed by atoms with Gasteiger partial charge in [-0.05, 0) is 54.5 Å². The third-order valence-corrected chi connectivity index (χ3v) is 6.29. The van der Waals surface area contributed by atoms with Crippen molar-refractivity contribution in [2.24, 2.45) is 0 Å². The van der Waals surface area contributed by atoms with Gasteiger partial charge in [0, 0.05) is 42.8 Å². The Labute approximate surface area is 237 Å². The quantitative estimate of drug-likeness (QED) is 0.133. The Morgan fingerprint density at radius 2 is 1.90 bits per heavy atom. The van der Waals surface area contributed by atoms with Crippen LogP contribution in [0.2, 0.25) is 0 Å². The van der Waals surface area contributed by atoms with Crippen molar-refractivity contribution in [2.45, 2.75) is 19.6 Å². The predicted molar refractivity (Wildman–Crippen MR) is 153 cm³/mol. The number of carbonyl (C=O) groups excluding carboxylic acids is 1. The van der Waals surface area contributed by atoms with Crippen LogP contribution in [0, 0.1) is 17.1 Å². The van der Waals surface area contributed by atoms with Gasteiger partial charge in [0.15, 0.2) is 0 Å². The molecule has 2 heterocycles. The highest BCUT2D eigenvalue weighted by Gasteiger charge is 2.16. The maximum absolute atomic E-state index is 13.2. The first-order valence-electron chi connectivity index (χ1n) is 13.1. The molecular formula is C32H27FN6O2. The molecule has 0 bridgehead atoms. The number of aryl methyl sites for hydroxylation is 1. The van der Waals surface area contributed by atoms with Gasteiger partial charge in [-0.15, -0.1) is 0 Å². The van der Waals surface area contributed by atoms with Gasteiger partial charge in [0.2, 0.25) is 0 Å². The van der Waals surface area contributed by atoms with Crippen LogP contribution in [0.5, 0.6) is 5.75 Å². The van der Waals surface area contributed by atoms with Crippen LogP contribution in [0.3, 0.4) is 0 Å². The molecule has 8 nitrogen and oxygen atoms in total. The van der Waals surface area contributed by atoms with E-state index in [0.29, 0.717) is 36.5 Å². The van der Waals surface area contributed by atoms with Gasteiger partial charge in [-0.25, -0.2) is 14.1 Å². The molecule has 0 saturated carbocycles. The smallest absolute Gasteiger partial charge is 0.261 e. The monoisotopic (exact) mass is 546 g/mol. The normalized spacial score (nSPS) is 11.2. The minimum atomic E-state index is -0.451. The predicted octanol–water partition coefficient (Wildman–Crippen LogP) is 5.57. The zero-order chi connectivity index (χ0) is 28.4. The van der Waals surface area contributed by atoms with Gasteiger partial charge in [0.05, 0.1) is 12.0 Å². The maximum atomic E-state index is 13.2. The number of imidazole rings is 1. The summed E-state index contributed by atoms with van der Waals surface area (Å²) in [5, 5.41) is 17.4. The summed E-state index contributed by atoms with van der Waals surface area (Å²) in [7, 11) is 0. The molecule has 0 fully saturated rings. The number of nitrogens with zero attached hydrogens (tertiary/aromatic N) is 5. The summed E-state index contributed by atoms with van der Waals surface area (Å²) in [6.45, 7) is 1.40. The van der Waals surface area contributed by atoms with E-state index in [9.17, 15) is 14.4 Å². The number of hydrogen-bond donors (Lipinski definition) is 1. The van der Waals surface area contributed by atoms with E-state index in [2.05, 4.69) is 10.3 Å². The molecule has 0 atom stereocenters.